The van der Waals surface area contributed by atoms with Crippen LogP contribution in [0.5, 0.6) is 0 Å². The fourth-order valence-electron chi connectivity index (χ4n) is 4.67. The molecule has 2 aromatic carbocycles. The van der Waals surface area contributed by atoms with Gasteiger partial charge in [-0.15, -0.1) is 5.10 Å². The number of nitrogens with zero attached hydrogens (tertiary/aromatic N) is 5. The van der Waals surface area contributed by atoms with Crippen LogP contribution < -0.4 is 16.8 Å². The summed E-state index contributed by atoms with van der Waals surface area (Å²) in [6.45, 7) is 0. The maximum Gasteiger partial charge on any atom is 0.312 e. The summed E-state index contributed by atoms with van der Waals surface area (Å²) < 4.78 is 29.3. The number of primary amides is 1. The van der Waals surface area contributed by atoms with Gasteiger partial charge in [-0.2, -0.15) is 4.68 Å². The second-order valence-corrected chi connectivity index (χ2v) is 8.50. The number of rotatable bonds is 5. The number of benzene rings is 2. The highest BCUT2D eigenvalue weighted by Crippen LogP contribution is 2.39. The van der Waals surface area contributed by atoms with Gasteiger partial charge in [-0.25, -0.2) is 18.6 Å². The molecule has 1 saturated carbocycles. The number of carbonyl (C=O) groups is 1. The Morgan fingerprint density at radius 3 is 2.51 bits per heavy atom. The molecule has 0 spiro atoms. The van der Waals surface area contributed by atoms with Crippen molar-refractivity contribution in [1.29, 1.82) is 0 Å². The van der Waals surface area contributed by atoms with Crippen molar-refractivity contribution in [2.24, 2.45) is 5.73 Å². The van der Waals surface area contributed by atoms with Crippen LogP contribution in [0.2, 0.25) is 0 Å². The summed E-state index contributed by atoms with van der Waals surface area (Å²) in [6, 6.07) is 12.7. The Morgan fingerprint density at radius 2 is 1.80 bits per heavy atom. The zero-order chi connectivity index (χ0) is 24.6. The topological polar surface area (TPSA) is 138 Å². The van der Waals surface area contributed by atoms with Crippen LogP contribution >= 0.6 is 0 Å². The van der Waals surface area contributed by atoms with Gasteiger partial charge >= 0.3 is 6.03 Å². The van der Waals surface area contributed by atoms with Crippen LogP contribution in [-0.2, 0) is 5.54 Å². The lowest BCUT2D eigenvalue weighted by molar-refractivity contribution is 0.233. The average molecular weight is 476 g/mol. The molecule has 4 aromatic rings. The van der Waals surface area contributed by atoms with Crippen LogP contribution in [0, 0.1) is 11.6 Å². The lowest BCUT2D eigenvalue weighted by Crippen LogP contribution is -2.46. The average Bonchev–Trinajstić information content (AvgIpc) is 3.52. The molecule has 178 valence electrons. The Labute approximate surface area is 199 Å². The van der Waals surface area contributed by atoms with E-state index in [-0.39, 0.29) is 17.3 Å². The van der Waals surface area contributed by atoms with Crippen molar-refractivity contribution in [1.82, 2.24) is 30.5 Å². The molecule has 5 N–H and O–H groups in total. The summed E-state index contributed by atoms with van der Waals surface area (Å²) >= 11 is 0. The Kier molecular flexibility index (Phi) is 5.59. The van der Waals surface area contributed by atoms with E-state index in [0.717, 1.165) is 53.1 Å². The van der Waals surface area contributed by atoms with Gasteiger partial charge in [0.05, 0.1) is 11.1 Å². The van der Waals surface area contributed by atoms with Gasteiger partial charge in [0, 0.05) is 11.8 Å². The molecule has 0 radical (unpaired) electrons. The van der Waals surface area contributed by atoms with E-state index in [9.17, 15) is 13.6 Å². The number of tetrazole rings is 1. The van der Waals surface area contributed by atoms with Crippen LogP contribution in [0.4, 0.5) is 19.4 Å². The van der Waals surface area contributed by atoms with E-state index in [0.29, 0.717) is 5.56 Å². The van der Waals surface area contributed by atoms with Crippen LogP contribution in [-0.4, -0.2) is 31.2 Å². The van der Waals surface area contributed by atoms with Crippen LogP contribution in [0.15, 0.2) is 54.7 Å². The van der Waals surface area contributed by atoms with Gasteiger partial charge in [0.15, 0.2) is 17.5 Å². The van der Waals surface area contributed by atoms with Gasteiger partial charge in [-0.05, 0) is 52.6 Å². The van der Waals surface area contributed by atoms with Crippen molar-refractivity contribution in [3.63, 3.8) is 0 Å². The molecule has 0 atom stereocenters. The lowest BCUT2D eigenvalue weighted by atomic mass is 9.87. The molecular weight excluding hydrogens is 454 g/mol. The van der Waals surface area contributed by atoms with Crippen molar-refractivity contribution in [2.75, 3.05) is 5.73 Å². The number of halogens is 2. The smallest absolute Gasteiger partial charge is 0.312 e. The number of anilines is 1. The predicted molar refractivity (Wildman–Crippen MR) is 125 cm³/mol. The van der Waals surface area contributed by atoms with Crippen molar-refractivity contribution in [3.05, 3.63) is 71.9 Å². The molecule has 1 aliphatic carbocycles. The molecule has 0 aliphatic heterocycles. The summed E-state index contributed by atoms with van der Waals surface area (Å²) in [5.74, 6) is -1.85. The first-order valence-corrected chi connectivity index (χ1v) is 11.1. The number of amides is 2. The number of pyridine rings is 1. The number of urea groups is 1. The number of hydrogen-bond donors (Lipinski definition) is 3. The first kappa shape index (κ1) is 22.4. The second-order valence-electron chi connectivity index (χ2n) is 8.50. The van der Waals surface area contributed by atoms with Gasteiger partial charge < -0.3 is 16.8 Å². The minimum atomic E-state index is -1.08. The number of nitrogens with one attached hydrogen (secondary N) is 1. The quantitative estimate of drug-likeness (QED) is 0.402. The number of nitrogens with two attached hydrogens (primary N) is 2. The summed E-state index contributed by atoms with van der Waals surface area (Å²) in [4.78, 5) is 15.9. The fourth-order valence-corrected chi connectivity index (χ4v) is 4.67. The molecule has 2 heterocycles. The van der Waals surface area contributed by atoms with Crippen molar-refractivity contribution in [2.45, 2.75) is 31.2 Å². The molecule has 1 fully saturated rings. The number of hydrogen-bond acceptors (Lipinski definition) is 6. The van der Waals surface area contributed by atoms with Crippen molar-refractivity contribution >= 4 is 11.8 Å². The molecule has 2 amide bonds. The second kappa shape index (κ2) is 8.75. The standard InChI is InChI=1S/C24H22F2N8O/c25-18-4-3-5-19(20(18)26)34-22(31-32-33-34)17-12-15(13-29-21(17)27)14-6-8-16(9-7-14)24(30-23(28)35)10-1-2-11-24/h3-9,12-13H,1-2,10-11H2,(H2,27,29)(H3,28,30,35). The number of aromatic nitrogens is 5. The molecule has 0 saturated heterocycles. The minimum Gasteiger partial charge on any atom is -0.383 e. The Balaban J connectivity index is 1.52. The first-order valence-electron chi connectivity index (χ1n) is 11.1. The van der Waals surface area contributed by atoms with Gasteiger partial charge in [0.2, 0.25) is 0 Å². The van der Waals surface area contributed by atoms with Gasteiger partial charge in [-0.3, -0.25) is 0 Å². The highest BCUT2D eigenvalue weighted by molar-refractivity contribution is 5.77. The minimum absolute atomic E-state index is 0.119. The van der Waals surface area contributed by atoms with Crippen LogP contribution in [0.1, 0.15) is 31.2 Å². The van der Waals surface area contributed by atoms with E-state index < -0.39 is 23.2 Å². The summed E-state index contributed by atoms with van der Waals surface area (Å²) in [7, 11) is 0. The van der Waals surface area contributed by atoms with Gasteiger partial charge in [-0.1, -0.05) is 43.2 Å². The zero-order valence-electron chi connectivity index (χ0n) is 18.6. The summed E-state index contributed by atoms with van der Waals surface area (Å²) in [6.07, 6.45) is 5.27. The Morgan fingerprint density at radius 1 is 1.06 bits per heavy atom. The predicted octanol–water partition coefficient (Wildman–Crippen LogP) is 3.69. The number of carbonyl (C=O) groups excluding carboxylic acids is 1. The SMILES string of the molecule is NC(=O)NC1(c2ccc(-c3cnc(N)c(-c4nnnn4-c4cccc(F)c4F)c3)cc2)CCCC1. The number of nitrogen functional groups attached to an aromatic ring is 1. The van der Waals surface area contributed by atoms with Crippen LogP contribution in [0.25, 0.3) is 28.2 Å². The van der Waals surface area contributed by atoms with Gasteiger partial charge in [0.1, 0.15) is 11.5 Å². The van der Waals surface area contributed by atoms with E-state index in [1.165, 1.54) is 12.1 Å². The molecule has 9 nitrogen and oxygen atoms in total. The highest BCUT2D eigenvalue weighted by Gasteiger charge is 2.36. The van der Waals surface area contributed by atoms with Crippen LogP contribution in [0.3, 0.4) is 0 Å². The monoisotopic (exact) mass is 476 g/mol. The third-order valence-electron chi connectivity index (χ3n) is 6.38. The largest absolute Gasteiger partial charge is 0.383 e. The molecule has 35 heavy (non-hydrogen) atoms. The molecule has 11 heteroatoms. The van der Waals surface area contributed by atoms with E-state index in [1.807, 2.05) is 24.3 Å². The Bertz CT molecular complexity index is 1400. The van der Waals surface area contributed by atoms with Crippen molar-refractivity contribution in [3.8, 4) is 28.2 Å². The maximum atomic E-state index is 14.4. The fraction of sp³-hybridized carbons (Fsp3) is 0.208. The Hall–Kier alpha value is -4.41. The van der Waals surface area contributed by atoms with E-state index in [4.69, 9.17) is 11.5 Å². The third kappa shape index (κ3) is 4.05. The van der Waals surface area contributed by atoms with Crippen molar-refractivity contribution < 1.29 is 13.6 Å². The molecule has 0 bridgehead atoms. The van der Waals surface area contributed by atoms with E-state index in [2.05, 4.69) is 25.8 Å². The molecule has 5 rings (SSSR count). The zero-order valence-corrected chi connectivity index (χ0v) is 18.6. The van der Waals surface area contributed by atoms with Gasteiger partial charge in [0.25, 0.3) is 0 Å². The normalized spacial score (nSPS) is 14.7. The van der Waals surface area contributed by atoms with E-state index >= 15 is 0 Å². The van der Waals surface area contributed by atoms with E-state index in [1.54, 1.807) is 12.3 Å². The summed E-state index contributed by atoms with van der Waals surface area (Å²) in [5, 5.41) is 14.3. The molecular formula is C24H22F2N8O. The third-order valence-corrected chi connectivity index (χ3v) is 6.38. The maximum absolute atomic E-state index is 14.4. The molecule has 0 unspecified atom stereocenters. The lowest BCUT2D eigenvalue weighted by Gasteiger charge is -2.30. The molecule has 2 aromatic heterocycles. The summed E-state index contributed by atoms with van der Waals surface area (Å²) in [5.41, 5.74) is 13.8. The first-order chi connectivity index (χ1) is 16.9. The molecule has 1 aliphatic rings. The highest BCUT2D eigenvalue weighted by atomic mass is 19.2.